The summed E-state index contributed by atoms with van der Waals surface area (Å²) in [5.41, 5.74) is 0. The first-order valence-corrected chi connectivity index (χ1v) is 6.86. The number of carboxylic acid groups (broad SMARTS) is 1. The number of nitrogens with one attached hydrogen (secondary N) is 1. The maximum Gasteiger partial charge on any atom is 0.329 e. The van der Waals surface area contributed by atoms with Gasteiger partial charge in [0.1, 0.15) is 13.2 Å². The molecule has 1 fully saturated rings. The van der Waals surface area contributed by atoms with Gasteiger partial charge in [0.15, 0.2) is 0 Å². The summed E-state index contributed by atoms with van der Waals surface area (Å²) in [7, 11) is 0. The third-order valence-electron chi connectivity index (χ3n) is 3.01. The van der Waals surface area contributed by atoms with Crippen LogP contribution in [0.3, 0.4) is 0 Å². The normalized spacial score (nSPS) is 16.2. The van der Waals surface area contributed by atoms with E-state index in [1.165, 1.54) is 19.3 Å². The molecule has 0 unspecified atom stereocenters. The molecule has 1 aliphatic carbocycles. The number of carbonyl (C=O) groups is 2. The largest absolute Gasteiger partial charge is 0.480 e. The Bertz CT molecular complexity index is 276. The fourth-order valence-corrected chi connectivity index (χ4v) is 2.06. The lowest BCUT2D eigenvalue weighted by Gasteiger charge is -2.21. The molecule has 6 heteroatoms. The number of carbonyl (C=O) groups excluding carboxylic acids is 1. The van der Waals surface area contributed by atoms with Crippen molar-refractivity contribution in [1.82, 2.24) is 5.32 Å². The molecule has 0 aliphatic heterocycles. The average Bonchev–Trinajstić information content (AvgIpc) is 2.39. The number of hydrogen-bond donors (Lipinski definition) is 2. The summed E-state index contributed by atoms with van der Waals surface area (Å²) >= 11 is 0. The van der Waals surface area contributed by atoms with Crippen molar-refractivity contribution in [1.29, 1.82) is 0 Å². The van der Waals surface area contributed by atoms with Crippen LogP contribution in [0.5, 0.6) is 0 Å². The summed E-state index contributed by atoms with van der Waals surface area (Å²) in [6.07, 6.45) is 7.27. The zero-order valence-corrected chi connectivity index (χ0v) is 11.2. The van der Waals surface area contributed by atoms with Gasteiger partial charge in [0.05, 0.1) is 6.10 Å². The molecule has 0 aromatic heterocycles. The Balaban J connectivity index is 1.89. The first kappa shape index (κ1) is 15.9. The molecular formula is C13H23NO5. The van der Waals surface area contributed by atoms with E-state index in [2.05, 4.69) is 10.1 Å². The molecular weight excluding hydrogens is 250 g/mol. The van der Waals surface area contributed by atoms with Crippen molar-refractivity contribution in [2.45, 2.75) is 44.6 Å². The molecule has 0 saturated heterocycles. The molecule has 110 valence electrons. The van der Waals surface area contributed by atoms with Crippen LogP contribution in [-0.2, 0) is 19.1 Å². The van der Waals surface area contributed by atoms with Gasteiger partial charge in [0.2, 0.25) is 5.91 Å². The van der Waals surface area contributed by atoms with Gasteiger partial charge in [-0.15, -0.1) is 0 Å². The second-order valence-corrected chi connectivity index (χ2v) is 4.72. The molecule has 0 spiro atoms. The van der Waals surface area contributed by atoms with E-state index in [1.807, 2.05) is 0 Å². The van der Waals surface area contributed by atoms with Crippen molar-refractivity contribution in [2.75, 3.05) is 26.4 Å². The lowest BCUT2D eigenvalue weighted by Crippen LogP contribution is -2.30. The van der Waals surface area contributed by atoms with Gasteiger partial charge in [0, 0.05) is 13.2 Å². The smallest absolute Gasteiger partial charge is 0.329 e. The van der Waals surface area contributed by atoms with E-state index in [0.29, 0.717) is 19.3 Å². The summed E-state index contributed by atoms with van der Waals surface area (Å²) in [5, 5.41) is 11.0. The Morgan fingerprint density at radius 3 is 2.58 bits per heavy atom. The van der Waals surface area contributed by atoms with Crippen LogP contribution < -0.4 is 5.32 Å². The molecule has 0 radical (unpaired) electrons. The van der Waals surface area contributed by atoms with Gasteiger partial charge >= 0.3 is 5.97 Å². The monoisotopic (exact) mass is 273 g/mol. The Morgan fingerprint density at radius 1 is 1.16 bits per heavy atom. The van der Waals surface area contributed by atoms with E-state index in [0.717, 1.165) is 19.3 Å². The van der Waals surface area contributed by atoms with Crippen molar-refractivity contribution < 1.29 is 24.2 Å². The van der Waals surface area contributed by atoms with Gasteiger partial charge in [-0.25, -0.2) is 4.79 Å². The minimum atomic E-state index is -1.08. The van der Waals surface area contributed by atoms with Crippen LogP contribution in [0.25, 0.3) is 0 Å². The zero-order chi connectivity index (χ0) is 13.9. The summed E-state index contributed by atoms with van der Waals surface area (Å²) in [6, 6.07) is 0. The van der Waals surface area contributed by atoms with Crippen molar-refractivity contribution >= 4 is 11.9 Å². The van der Waals surface area contributed by atoms with Crippen molar-refractivity contribution in [3.8, 4) is 0 Å². The van der Waals surface area contributed by atoms with Crippen LogP contribution in [-0.4, -0.2) is 49.5 Å². The van der Waals surface area contributed by atoms with Crippen LogP contribution in [0.15, 0.2) is 0 Å². The second kappa shape index (κ2) is 9.75. The van der Waals surface area contributed by atoms with E-state index >= 15 is 0 Å². The van der Waals surface area contributed by atoms with Gasteiger partial charge in [-0.3, -0.25) is 4.79 Å². The Kier molecular flexibility index (Phi) is 8.16. The molecule has 1 rings (SSSR count). The lowest BCUT2D eigenvalue weighted by molar-refractivity contribution is -0.143. The van der Waals surface area contributed by atoms with Gasteiger partial charge in [-0.2, -0.15) is 0 Å². The Labute approximate surface area is 113 Å². The molecule has 19 heavy (non-hydrogen) atoms. The van der Waals surface area contributed by atoms with E-state index in [1.54, 1.807) is 0 Å². The quantitative estimate of drug-likeness (QED) is 0.611. The van der Waals surface area contributed by atoms with Crippen LogP contribution in [0.4, 0.5) is 0 Å². The number of aliphatic carboxylic acids is 1. The predicted molar refractivity (Wildman–Crippen MR) is 68.9 cm³/mol. The highest BCUT2D eigenvalue weighted by molar-refractivity contribution is 5.77. The third kappa shape index (κ3) is 8.56. The first-order chi connectivity index (χ1) is 9.18. The van der Waals surface area contributed by atoms with Gasteiger partial charge in [-0.05, 0) is 19.3 Å². The highest BCUT2D eigenvalue weighted by Crippen LogP contribution is 2.20. The molecule has 1 amide bonds. The van der Waals surface area contributed by atoms with Crippen molar-refractivity contribution in [3.63, 3.8) is 0 Å². The second-order valence-electron chi connectivity index (χ2n) is 4.72. The lowest BCUT2D eigenvalue weighted by atomic mass is 9.98. The van der Waals surface area contributed by atoms with E-state index in [4.69, 9.17) is 9.84 Å². The number of rotatable bonds is 9. The molecule has 6 nitrogen and oxygen atoms in total. The van der Waals surface area contributed by atoms with E-state index in [-0.39, 0.29) is 12.5 Å². The minimum Gasteiger partial charge on any atom is -0.480 e. The van der Waals surface area contributed by atoms with E-state index in [9.17, 15) is 9.59 Å². The molecule has 2 N–H and O–H groups in total. The third-order valence-corrected chi connectivity index (χ3v) is 3.01. The topological polar surface area (TPSA) is 84.9 Å². The van der Waals surface area contributed by atoms with Gasteiger partial charge in [-0.1, -0.05) is 19.3 Å². The molecule has 0 bridgehead atoms. The maximum absolute atomic E-state index is 11.2. The predicted octanol–water partition coefficient (Wildman–Crippen LogP) is 0.943. The first-order valence-electron chi connectivity index (χ1n) is 6.86. The van der Waals surface area contributed by atoms with Gasteiger partial charge < -0.3 is 19.9 Å². The Hall–Kier alpha value is -1.14. The zero-order valence-electron chi connectivity index (χ0n) is 11.2. The number of carboxylic acids is 1. The summed E-state index contributed by atoms with van der Waals surface area (Å²) in [4.78, 5) is 21.4. The van der Waals surface area contributed by atoms with Crippen LogP contribution in [0.2, 0.25) is 0 Å². The molecule has 0 aromatic rings. The standard InChI is InChI=1S/C13H23NO5/c15-12(9-18-10-13(16)17)14-7-4-8-19-11-5-2-1-3-6-11/h11H,1-10H2,(H,14,15)(H,16,17). The van der Waals surface area contributed by atoms with Crippen molar-refractivity contribution in [2.24, 2.45) is 0 Å². The van der Waals surface area contributed by atoms with Crippen LogP contribution >= 0.6 is 0 Å². The fraction of sp³-hybridized carbons (Fsp3) is 0.846. The number of amides is 1. The number of hydrogen-bond acceptors (Lipinski definition) is 4. The summed E-state index contributed by atoms with van der Waals surface area (Å²) in [5.74, 6) is -1.37. The van der Waals surface area contributed by atoms with Crippen LogP contribution in [0, 0.1) is 0 Å². The molecule has 0 aromatic carbocycles. The highest BCUT2D eigenvalue weighted by Gasteiger charge is 2.13. The number of ether oxygens (including phenoxy) is 2. The highest BCUT2D eigenvalue weighted by atomic mass is 16.5. The fourth-order valence-electron chi connectivity index (χ4n) is 2.06. The molecule has 0 heterocycles. The molecule has 1 aliphatic rings. The van der Waals surface area contributed by atoms with Crippen LogP contribution in [0.1, 0.15) is 38.5 Å². The minimum absolute atomic E-state index is 0.213. The van der Waals surface area contributed by atoms with Gasteiger partial charge in [0.25, 0.3) is 0 Å². The summed E-state index contributed by atoms with van der Waals surface area (Å²) < 4.78 is 10.4. The van der Waals surface area contributed by atoms with E-state index < -0.39 is 12.6 Å². The van der Waals surface area contributed by atoms with Crippen molar-refractivity contribution in [3.05, 3.63) is 0 Å². The Morgan fingerprint density at radius 2 is 1.89 bits per heavy atom. The summed E-state index contributed by atoms with van der Waals surface area (Å²) in [6.45, 7) is 0.525. The average molecular weight is 273 g/mol. The molecule has 1 saturated carbocycles. The molecule has 0 atom stereocenters. The maximum atomic E-state index is 11.2. The SMILES string of the molecule is O=C(O)COCC(=O)NCCCOC1CCCCC1.